The van der Waals surface area contributed by atoms with Crippen LogP contribution in [0.3, 0.4) is 0 Å². The highest BCUT2D eigenvalue weighted by molar-refractivity contribution is 7.89. The van der Waals surface area contributed by atoms with Gasteiger partial charge in [-0.15, -0.1) is 0 Å². The molecule has 0 amide bonds. The van der Waals surface area contributed by atoms with E-state index in [2.05, 4.69) is 0 Å². The molecule has 108 valence electrons. The summed E-state index contributed by atoms with van der Waals surface area (Å²) in [6.07, 6.45) is -5.09. The Bertz CT molecular complexity index is 528. The molecule has 19 heavy (non-hydrogen) atoms. The summed E-state index contributed by atoms with van der Waals surface area (Å²) in [6.45, 7) is 0.0731. The van der Waals surface area contributed by atoms with Crippen molar-refractivity contribution in [2.24, 2.45) is 0 Å². The topological polar surface area (TPSA) is 66.4 Å². The van der Waals surface area contributed by atoms with Crippen LogP contribution >= 0.6 is 0 Å². The van der Waals surface area contributed by atoms with E-state index in [-0.39, 0.29) is 4.90 Å². The predicted molar refractivity (Wildman–Crippen MR) is 62.9 cm³/mol. The van der Waals surface area contributed by atoms with Gasteiger partial charge in [0.1, 0.15) is 6.54 Å². The molecule has 4 nitrogen and oxygen atoms in total. The summed E-state index contributed by atoms with van der Waals surface area (Å²) in [4.78, 5) is -0.304. The van der Waals surface area contributed by atoms with Crippen molar-refractivity contribution in [1.29, 1.82) is 0 Å². The summed E-state index contributed by atoms with van der Waals surface area (Å²) in [5, 5.41) is 9.58. The van der Waals surface area contributed by atoms with Gasteiger partial charge in [-0.05, 0) is 24.1 Å². The molecule has 0 aromatic heterocycles. The van der Waals surface area contributed by atoms with Crippen LogP contribution in [0.5, 0.6) is 0 Å². The second-order valence-corrected chi connectivity index (χ2v) is 5.70. The lowest BCUT2D eigenvalue weighted by atomic mass is 10.1. The SMILES string of the molecule is CCC(O)c1cccc(S(=O)(=O)NCC(F)(F)F)c1. The summed E-state index contributed by atoms with van der Waals surface area (Å²) in [5.74, 6) is 0. The first kappa shape index (κ1) is 15.9. The fourth-order valence-corrected chi connectivity index (χ4v) is 2.45. The first-order valence-electron chi connectivity index (χ1n) is 5.50. The minimum absolute atomic E-state index is 0.304. The zero-order valence-electron chi connectivity index (χ0n) is 10.1. The Morgan fingerprint density at radius 3 is 2.53 bits per heavy atom. The number of hydrogen-bond acceptors (Lipinski definition) is 3. The molecule has 0 aliphatic carbocycles. The maximum atomic E-state index is 12.0. The quantitative estimate of drug-likeness (QED) is 0.873. The summed E-state index contributed by atoms with van der Waals surface area (Å²) >= 11 is 0. The maximum Gasteiger partial charge on any atom is 0.402 e. The largest absolute Gasteiger partial charge is 0.402 e. The predicted octanol–water partition coefficient (Wildman–Crippen LogP) is 1.97. The van der Waals surface area contributed by atoms with E-state index in [0.717, 1.165) is 6.07 Å². The number of nitrogens with one attached hydrogen (secondary N) is 1. The number of hydrogen-bond donors (Lipinski definition) is 2. The van der Waals surface area contributed by atoms with Crippen molar-refractivity contribution in [3.8, 4) is 0 Å². The van der Waals surface area contributed by atoms with Gasteiger partial charge in [0, 0.05) is 0 Å². The molecule has 0 aliphatic rings. The van der Waals surface area contributed by atoms with Crippen molar-refractivity contribution in [1.82, 2.24) is 4.72 Å². The molecule has 0 radical (unpaired) electrons. The van der Waals surface area contributed by atoms with Gasteiger partial charge in [-0.2, -0.15) is 13.2 Å². The van der Waals surface area contributed by atoms with E-state index in [4.69, 9.17) is 0 Å². The van der Waals surface area contributed by atoms with Crippen LogP contribution in [-0.2, 0) is 10.0 Å². The Kier molecular flexibility index (Phi) is 4.94. The Balaban J connectivity index is 2.96. The third-order valence-corrected chi connectivity index (χ3v) is 3.80. The Morgan fingerprint density at radius 2 is 2.00 bits per heavy atom. The van der Waals surface area contributed by atoms with Gasteiger partial charge in [0.05, 0.1) is 11.0 Å². The van der Waals surface area contributed by atoms with Crippen LogP contribution in [0.25, 0.3) is 0 Å². The van der Waals surface area contributed by atoms with E-state index in [0.29, 0.717) is 12.0 Å². The zero-order valence-corrected chi connectivity index (χ0v) is 10.9. The standard InChI is InChI=1S/C11H14F3NO3S/c1-2-10(16)8-4-3-5-9(6-8)19(17,18)15-7-11(12,13)14/h3-6,10,15-16H,2,7H2,1H3. The monoisotopic (exact) mass is 297 g/mol. The van der Waals surface area contributed by atoms with Crippen LogP contribution in [0.2, 0.25) is 0 Å². The number of halogens is 3. The Hall–Kier alpha value is -1.12. The highest BCUT2D eigenvalue weighted by atomic mass is 32.2. The molecule has 0 aliphatic heterocycles. The number of alkyl halides is 3. The van der Waals surface area contributed by atoms with Gasteiger partial charge in [-0.25, -0.2) is 13.1 Å². The van der Waals surface area contributed by atoms with Crippen molar-refractivity contribution in [2.45, 2.75) is 30.5 Å². The number of benzene rings is 1. The van der Waals surface area contributed by atoms with E-state index in [1.54, 1.807) is 6.92 Å². The fourth-order valence-electron chi connectivity index (χ4n) is 1.38. The lowest BCUT2D eigenvalue weighted by Gasteiger charge is -2.12. The third kappa shape index (κ3) is 4.81. The van der Waals surface area contributed by atoms with Gasteiger partial charge in [0.2, 0.25) is 10.0 Å². The molecular weight excluding hydrogens is 283 g/mol. The number of aliphatic hydroxyl groups excluding tert-OH is 1. The smallest absolute Gasteiger partial charge is 0.388 e. The van der Waals surface area contributed by atoms with E-state index in [9.17, 15) is 26.7 Å². The van der Waals surface area contributed by atoms with Crippen molar-refractivity contribution >= 4 is 10.0 Å². The average Bonchev–Trinajstić information content (AvgIpc) is 2.35. The van der Waals surface area contributed by atoms with Gasteiger partial charge < -0.3 is 5.11 Å². The van der Waals surface area contributed by atoms with Gasteiger partial charge in [-0.3, -0.25) is 0 Å². The van der Waals surface area contributed by atoms with Crippen LogP contribution in [0, 0.1) is 0 Å². The summed E-state index contributed by atoms with van der Waals surface area (Å²) in [5.41, 5.74) is 0.345. The van der Waals surface area contributed by atoms with Crippen molar-refractivity contribution < 1.29 is 26.7 Å². The summed E-state index contributed by atoms with van der Waals surface area (Å²) in [7, 11) is -4.24. The zero-order chi connectivity index (χ0) is 14.7. The number of rotatable bonds is 5. The summed E-state index contributed by atoms with van der Waals surface area (Å²) in [6, 6.07) is 5.21. The lowest BCUT2D eigenvalue weighted by molar-refractivity contribution is -0.121. The van der Waals surface area contributed by atoms with Gasteiger partial charge in [-0.1, -0.05) is 19.1 Å². The average molecular weight is 297 g/mol. The van der Waals surface area contributed by atoms with E-state index in [1.807, 2.05) is 0 Å². The van der Waals surface area contributed by atoms with E-state index >= 15 is 0 Å². The third-order valence-electron chi connectivity index (χ3n) is 2.40. The van der Waals surface area contributed by atoms with Crippen LogP contribution in [0.1, 0.15) is 25.0 Å². The summed E-state index contributed by atoms with van der Waals surface area (Å²) < 4.78 is 60.8. The number of sulfonamides is 1. The normalized spacial score (nSPS) is 14.4. The molecular formula is C11H14F3NO3S. The molecule has 2 N–H and O–H groups in total. The molecule has 1 atom stereocenters. The van der Waals surface area contributed by atoms with Crippen molar-refractivity contribution in [3.63, 3.8) is 0 Å². The van der Waals surface area contributed by atoms with Gasteiger partial charge in [0.25, 0.3) is 0 Å². The molecule has 1 rings (SSSR count). The second kappa shape index (κ2) is 5.89. The molecule has 1 aromatic carbocycles. The van der Waals surface area contributed by atoms with Gasteiger partial charge in [0.15, 0.2) is 0 Å². The highest BCUT2D eigenvalue weighted by Gasteiger charge is 2.30. The van der Waals surface area contributed by atoms with Gasteiger partial charge >= 0.3 is 6.18 Å². The van der Waals surface area contributed by atoms with E-state index in [1.165, 1.54) is 22.9 Å². The maximum absolute atomic E-state index is 12.0. The molecule has 8 heteroatoms. The first-order valence-corrected chi connectivity index (χ1v) is 6.98. The van der Waals surface area contributed by atoms with Crippen LogP contribution in [-0.4, -0.2) is 26.2 Å². The molecule has 0 bridgehead atoms. The lowest BCUT2D eigenvalue weighted by Crippen LogP contribution is -2.33. The molecule has 0 fully saturated rings. The minimum Gasteiger partial charge on any atom is -0.388 e. The Morgan fingerprint density at radius 1 is 1.37 bits per heavy atom. The van der Waals surface area contributed by atoms with Crippen LogP contribution in [0.15, 0.2) is 29.2 Å². The Labute approximate surface area is 109 Å². The molecule has 0 heterocycles. The minimum atomic E-state index is -4.62. The fraction of sp³-hybridized carbons (Fsp3) is 0.455. The second-order valence-electron chi connectivity index (χ2n) is 3.94. The number of aliphatic hydroxyl groups is 1. The van der Waals surface area contributed by atoms with Crippen molar-refractivity contribution in [2.75, 3.05) is 6.54 Å². The molecule has 1 unspecified atom stereocenters. The van der Waals surface area contributed by atoms with E-state index < -0.39 is 28.8 Å². The van der Waals surface area contributed by atoms with Crippen LogP contribution in [0.4, 0.5) is 13.2 Å². The molecule has 0 saturated heterocycles. The first-order chi connectivity index (χ1) is 8.65. The molecule has 0 spiro atoms. The molecule has 1 aromatic rings. The highest BCUT2D eigenvalue weighted by Crippen LogP contribution is 2.20. The van der Waals surface area contributed by atoms with Crippen LogP contribution < -0.4 is 4.72 Å². The molecule has 0 saturated carbocycles. The van der Waals surface area contributed by atoms with Crippen molar-refractivity contribution in [3.05, 3.63) is 29.8 Å².